The number of rotatable bonds is 18. The molecule has 0 saturated carbocycles. The van der Waals surface area contributed by atoms with Gasteiger partial charge in [0, 0.05) is 19.5 Å². The molecule has 2 unspecified atom stereocenters. The Hall–Kier alpha value is -4.65. The minimum absolute atomic E-state index is 0.105. The van der Waals surface area contributed by atoms with E-state index in [0.717, 1.165) is 23.2 Å². The smallest absolute Gasteiger partial charge is 0.251 e. The molecule has 0 aliphatic rings. The Kier molecular flexibility index (Phi) is 18.7. The quantitative estimate of drug-likeness (QED) is 0.0646. The number of Topliss-reactive ketones (excluding diaryl/α,β-unsaturated/α-hetero) is 1. The molecule has 13 heteroatoms. The number of aliphatic hydroxyl groups is 1. The molecule has 2 rings (SSSR count). The van der Waals surface area contributed by atoms with E-state index in [1.165, 1.54) is 12.5 Å². The molecule has 0 aliphatic carbocycles. The lowest BCUT2D eigenvalue weighted by Crippen LogP contribution is -2.53. The average molecular weight is 613 g/mol. The first-order valence-corrected chi connectivity index (χ1v) is 14.6. The fourth-order valence-corrected chi connectivity index (χ4v) is 4.01. The third-order valence-corrected chi connectivity index (χ3v) is 6.29. The first-order valence-electron chi connectivity index (χ1n) is 14.6. The van der Waals surface area contributed by atoms with E-state index in [-0.39, 0.29) is 44.2 Å². The third kappa shape index (κ3) is 16.7. The molecular weight excluding hydrogens is 568 g/mol. The molecular formula is C31H44N6O7. The van der Waals surface area contributed by atoms with Gasteiger partial charge in [-0.1, -0.05) is 74.5 Å². The van der Waals surface area contributed by atoms with Gasteiger partial charge in [-0.3, -0.25) is 19.2 Å². The summed E-state index contributed by atoms with van der Waals surface area (Å²) in [6, 6.07) is 18.9. The second-order valence-corrected chi connectivity index (χ2v) is 9.87. The summed E-state index contributed by atoms with van der Waals surface area (Å²) >= 11 is 0. The summed E-state index contributed by atoms with van der Waals surface area (Å²) in [5, 5.41) is 30.7. The fourth-order valence-electron chi connectivity index (χ4n) is 4.01. The molecule has 44 heavy (non-hydrogen) atoms. The maximum absolute atomic E-state index is 12.6. The molecule has 0 spiro atoms. The van der Waals surface area contributed by atoms with Crippen LogP contribution in [0.4, 0.5) is 0 Å². The Bertz CT molecular complexity index is 1190. The number of ketones is 1. The zero-order chi connectivity index (χ0) is 32.7. The summed E-state index contributed by atoms with van der Waals surface area (Å²) in [6.07, 6.45) is 1.60. The molecule has 13 nitrogen and oxygen atoms in total. The van der Waals surface area contributed by atoms with Gasteiger partial charge in [-0.15, -0.1) is 0 Å². The molecule has 0 bridgehead atoms. The minimum Gasteiger partial charge on any atom is -0.381 e. The molecule has 0 radical (unpaired) electrons. The van der Waals surface area contributed by atoms with Crippen LogP contribution in [0, 0.1) is 10.1 Å². The van der Waals surface area contributed by atoms with Crippen molar-refractivity contribution in [3.63, 3.8) is 0 Å². The number of benzene rings is 2. The first kappa shape index (κ1) is 37.4. The molecule has 0 saturated heterocycles. The van der Waals surface area contributed by atoms with Crippen molar-refractivity contribution in [2.45, 2.75) is 65.0 Å². The summed E-state index contributed by atoms with van der Waals surface area (Å²) in [4.78, 5) is 60.1. The van der Waals surface area contributed by atoms with E-state index in [0.29, 0.717) is 12.8 Å². The third-order valence-electron chi connectivity index (χ3n) is 6.29. The van der Waals surface area contributed by atoms with Crippen LogP contribution in [0.25, 0.3) is 0 Å². The number of hydrogen-bond acceptors (Lipinski definition) is 7. The van der Waals surface area contributed by atoms with E-state index in [9.17, 15) is 34.4 Å². The predicted octanol–water partition coefficient (Wildman–Crippen LogP) is 1.86. The lowest BCUT2D eigenvalue weighted by Gasteiger charge is -2.26. The highest BCUT2D eigenvalue weighted by molar-refractivity contribution is 5.89. The summed E-state index contributed by atoms with van der Waals surface area (Å²) in [5.41, 5.74) is 2.42. The molecule has 0 aliphatic heterocycles. The van der Waals surface area contributed by atoms with E-state index in [1.807, 2.05) is 36.4 Å². The predicted molar refractivity (Wildman–Crippen MR) is 167 cm³/mol. The van der Waals surface area contributed by atoms with Gasteiger partial charge in [0.05, 0.1) is 24.2 Å². The molecule has 0 aromatic heterocycles. The molecule has 0 fully saturated rings. The van der Waals surface area contributed by atoms with Gasteiger partial charge >= 0.3 is 0 Å². The summed E-state index contributed by atoms with van der Waals surface area (Å²) in [7, 11) is 0. The zero-order valence-corrected chi connectivity index (χ0v) is 25.6. The molecule has 2 atom stereocenters. The Balaban J connectivity index is 0.00000104. The number of hydrogen-bond donors (Lipinski definition) is 4. The van der Waals surface area contributed by atoms with E-state index in [2.05, 4.69) is 52.2 Å². The van der Waals surface area contributed by atoms with Crippen molar-refractivity contribution in [3.05, 3.63) is 81.9 Å². The molecule has 2 aromatic rings. The number of nitro groups is 1. The highest BCUT2D eigenvalue weighted by Crippen LogP contribution is 2.06. The van der Waals surface area contributed by atoms with Crippen molar-refractivity contribution in [1.29, 1.82) is 0 Å². The average Bonchev–Trinajstić information content (AvgIpc) is 3.01. The van der Waals surface area contributed by atoms with E-state index in [4.69, 9.17) is 0 Å². The van der Waals surface area contributed by atoms with Gasteiger partial charge in [-0.05, 0) is 43.7 Å². The van der Waals surface area contributed by atoms with Crippen molar-refractivity contribution in [3.8, 4) is 0 Å². The fraction of sp³-hybridized carbons (Fsp3) is 0.452. The first-order chi connectivity index (χ1) is 21.1. The van der Waals surface area contributed by atoms with Crippen LogP contribution in [0.3, 0.4) is 0 Å². The van der Waals surface area contributed by atoms with Crippen molar-refractivity contribution >= 4 is 29.8 Å². The van der Waals surface area contributed by atoms with Crippen molar-refractivity contribution < 1.29 is 29.3 Å². The molecule has 3 amide bonds. The maximum atomic E-state index is 12.6. The minimum atomic E-state index is -1.58. The Morgan fingerprint density at radius 3 is 2.11 bits per heavy atom. The van der Waals surface area contributed by atoms with Crippen LogP contribution in [0.2, 0.25) is 0 Å². The van der Waals surface area contributed by atoms with Crippen molar-refractivity contribution in [1.82, 2.24) is 20.9 Å². The van der Waals surface area contributed by atoms with Crippen LogP contribution in [0.5, 0.6) is 0 Å². The summed E-state index contributed by atoms with van der Waals surface area (Å²) in [6.45, 7) is 4.94. The van der Waals surface area contributed by atoms with Crippen molar-refractivity contribution in [2.24, 2.45) is 5.10 Å². The van der Waals surface area contributed by atoms with Gasteiger partial charge < -0.3 is 26.0 Å². The largest absolute Gasteiger partial charge is 0.381 e. The standard InChI is InChI=1S/C23H34N6O7.C8H10/c1-3-21(32)28(14-17(2)30)15-20(31)27-19(10-7-12-24-16-26-29(35)36)22(33)23(34)25-13-11-18-8-5-4-6-9-18;1-2-8-6-4-3-5-7-8/h4-6,8-9,16,19,22,33H,3,7,10-15H2,1-2H3,(H,24,26)(H,25,34)(H,27,31);3-7H,2H2,1H3. The van der Waals surface area contributed by atoms with Gasteiger partial charge in [-0.2, -0.15) is 0 Å². The number of carbonyl (C=O) groups excluding carboxylic acids is 4. The van der Waals surface area contributed by atoms with Crippen LogP contribution in [0.15, 0.2) is 65.8 Å². The van der Waals surface area contributed by atoms with Crippen LogP contribution >= 0.6 is 0 Å². The summed E-state index contributed by atoms with van der Waals surface area (Å²) < 4.78 is 0. The molecule has 0 heterocycles. The lowest BCUT2D eigenvalue weighted by molar-refractivity contribution is -0.484. The van der Waals surface area contributed by atoms with Gasteiger partial charge in [0.2, 0.25) is 11.8 Å². The Morgan fingerprint density at radius 2 is 1.59 bits per heavy atom. The summed E-state index contributed by atoms with van der Waals surface area (Å²) in [5.74, 6) is -1.99. The number of nitrogens with zero attached hydrogens (tertiary/aromatic N) is 3. The molecule has 4 N–H and O–H groups in total. The maximum Gasteiger partial charge on any atom is 0.251 e. The topological polar surface area (TPSA) is 183 Å². The van der Waals surface area contributed by atoms with Gasteiger partial charge in [-0.25, -0.2) is 10.1 Å². The lowest BCUT2D eigenvalue weighted by atomic mass is 10.0. The number of aliphatic hydroxyl groups excluding tert-OH is 1. The van der Waals surface area contributed by atoms with Crippen molar-refractivity contribution in [2.75, 3.05) is 26.2 Å². The molecule has 240 valence electrons. The van der Waals surface area contributed by atoms with Crippen LogP contribution < -0.4 is 16.0 Å². The second kappa shape index (κ2) is 22.0. The number of nitrogens with one attached hydrogen (secondary N) is 3. The second-order valence-electron chi connectivity index (χ2n) is 9.87. The SMILES string of the molecule is CCC(=O)N(CC(C)=O)CC(=O)NC(CCCN/C=N\[N+](=O)[O-])C(O)C(=O)NCCc1ccccc1.CCc1ccccc1. The number of carbonyl (C=O) groups is 4. The number of aryl methyl sites for hydroxylation is 1. The van der Waals surface area contributed by atoms with Gasteiger partial charge in [0.1, 0.15) is 5.78 Å². The highest BCUT2D eigenvalue weighted by atomic mass is 16.7. The van der Waals surface area contributed by atoms with E-state index in [1.54, 1.807) is 6.92 Å². The Labute approximate surface area is 258 Å². The van der Waals surface area contributed by atoms with Gasteiger partial charge in [0.25, 0.3) is 5.91 Å². The molecule has 2 aromatic carbocycles. The van der Waals surface area contributed by atoms with Crippen LogP contribution in [0.1, 0.15) is 51.2 Å². The Morgan fingerprint density at radius 1 is 0.977 bits per heavy atom. The van der Waals surface area contributed by atoms with E-state index < -0.39 is 35.5 Å². The monoisotopic (exact) mass is 612 g/mol. The van der Waals surface area contributed by atoms with Gasteiger partial charge in [0.15, 0.2) is 17.5 Å². The number of hydrazone groups is 1. The number of amides is 3. The van der Waals surface area contributed by atoms with E-state index >= 15 is 0 Å². The van der Waals surface area contributed by atoms with Crippen LogP contribution in [-0.2, 0) is 32.0 Å². The highest BCUT2D eigenvalue weighted by Gasteiger charge is 2.28. The normalized spacial score (nSPS) is 11.8. The van der Waals surface area contributed by atoms with Crippen LogP contribution in [-0.4, -0.2) is 83.2 Å². The zero-order valence-electron chi connectivity index (χ0n) is 25.6.